The van der Waals surface area contributed by atoms with Gasteiger partial charge in [0.25, 0.3) is 0 Å². The minimum atomic E-state index is 0.196. The van der Waals surface area contributed by atoms with Crippen molar-refractivity contribution in [2.45, 2.75) is 33.6 Å². The minimum Gasteiger partial charge on any atom is -0.272 e. The normalized spacial score (nSPS) is 15.5. The molecule has 1 aromatic heterocycles. The first kappa shape index (κ1) is 11.6. The predicted molar refractivity (Wildman–Crippen MR) is 60.8 cm³/mol. The summed E-state index contributed by atoms with van der Waals surface area (Å²) in [5.41, 5.74) is 2.55. The lowest BCUT2D eigenvalue weighted by Gasteiger charge is -2.25. The van der Waals surface area contributed by atoms with E-state index in [1.807, 2.05) is 18.7 Å². The fourth-order valence-electron chi connectivity index (χ4n) is 1.53. The predicted octanol–water partition coefficient (Wildman–Crippen LogP) is 2.93. The highest BCUT2D eigenvalue weighted by Gasteiger charge is 2.22. The van der Waals surface area contributed by atoms with Crippen LogP contribution in [0.15, 0.2) is 6.07 Å². The van der Waals surface area contributed by atoms with Gasteiger partial charge < -0.3 is 0 Å². The van der Waals surface area contributed by atoms with Crippen molar-refractivity contribution in [3.8, 4) is 0 Å². The highest BCUT2D eigenvalue weighted by atomic mass is 35.5. The van der Waals surface area contributed by atoms with Crippen LogP contribution in [-0.2, 0) is 13.5 Å². The fourth-order valence-corrected chi connectivity index (χ4v) is 1.82. The summed E-state index contributed by atoms with van der Waals surface area (Å²) in [6, 6.07) is 2.14. The number of hydrogen-bond acceptors (Lipinski definition) is 1. The second-order valence-electron chi connectivity index (χ2n) is 4.38. The molecule has 0 saturated heterocycles. The van der Waals surface area contributed by atoms with Gasteiger partial charge in [-0.25, -0.2) is 0 Å². The Labute approximate surface area is 91.3 Å². The van der Waals surface area contributed by atoms with Crippen LogP contribution in [0.3, 0.4) is 0 Å². The number of aromatic nitrogens is 2. The molecule has 1 aromatic rings. The molecule has 1 unspecified atom stereocenters. The molecule has 80 valence electrons. The molecule has 1 rings (SSSR count). The highest BCUT2D eigenvalue weighted by molar-refractivity contribution is 6.18. The zero-order valence-electron chi connectivity index (χ0n) is 9.47. The Bertz CT molecular complexity index is 300. The first-order chi connectivity index (χ1) is 6.50. The van der Waals surface area contributed by atoms with Gasteiger partial charge in [0.2, 0.25) is 0 Å². The summed E-state index contributed by atoms with van der Waals surface area (Å²) in [5, 5.41) is 4.34. The van der Waals surface area contributed by atoms with Crippen LogP contribution in [0.2, 0.25) is 0 Å². The zero-order valence-corrected chi connectivity index (χ0v) is 10.2. The Kier molecular flexibility index (Phi) is 3.59. The first-order valence-corrected chi connectivity index (χ1v) is 5.59. The summed E-state index contributed by atoms with van der Waals surface area (Å²) in [5.74, 6) is 0.702. The Balaban J connectivity index is 2.81. The molecular weight excluding hydrogens is 196 g/mol. The van der Waals surface area contributed by atoms with Crippen molar-refractivity contribution in [2.75, 3.05) is 5.88 Å². The second-order valence-corrected chi connectivity index (χ2v) is 4.64. The second kappa shape index (κ2) is 4.35. The molecule has 0 spiro atoms. The van der Waals surface area contributed by atoms with Crippen LogP contribution >= 0.6 is 11.6 Å². The maximum absolute atomic E-state index is 5.99. The molecule has 0 aliphatic carbocycles. The van der Waals surface area contributed by atoms with E-state index in [2.05, 4.69) is 25.0 Å². The average molecular weight is 215 g/mol. The van der Waals surface area contributed by atoms with E-state index in [1.165, 1.54) is 5.69 Å². The van der Waals surface area contributed by atoms with Crippen molar-refractivity contribution in [1.82, 2.24) is 9.78 Å². The van der Waals surface area contributed by atoms with Gasteiger partial charge >= 0.3 is 0 Å². The molecule has 0 radical (unpaired) electrons. The van der Waals surface area contributed by atoms with Gasteiger partial charge in [0.1, 0.15) is 0 Å². The third kappa shape index (κ3) is 2.50. The number of rotatable bonds is 4. The molecule has 3 heteroatoms. The Morgan fingerprint density at radius 1 is 1.57 bits per heavy atom. The van der Waals surface area contributed by atoms with Crippen LogP contribution in [0.1, 0.15) is 31.7 Å². The summed E-state index contributed by atoms with van der Waals surface area (Å²) in [6.07, 6.45) is 2.10. The standard InChI is InChI=1S/C11H19ClN2/c1-5-11(3,8-12)7-10-6-9(2)13-14(10)4/h6H,5,7-8H2,1-4H3. The van der Waals surface area contributed by atoms with Gasteiger partial charge in [-0.3, -0.25) is 4.68 Å². The van der Waals surface area contributed by atoms with Crippen molar-refractivity contribution in [2.24, 2.45) is 12.5 Å². The van der Waals surface area contributed by atoms with Crippen molar-refractivity contribution in [1.29, 1.82) is 0 Å². The Morgan fingerprint density at radius 3 is 2.57 bits per heavy atom. The van der Waals surface area contributed by atoms with E-state index in [0.717, 1.165) is 18.5 Å². The smallest absolute Gasteiger partial charge is 0.0596 e. The topological polar surface area (TPSA) is 17.8 Å². The van der Waals surface area contributed by atoms with E-state index in [0.29, 0.717) is 5.88 Å². The van der Waals surface area contributed by atoms with Crippen LogP contribution in [0.4, 0.5) is 0 Å². The van der Waals surface area contributed by atoms with Gasteiger partial charge in [0, 0.05) is 18.6 Å². The molecule has 0 amide bonds. The van der Waals surface area contributed by atoms with Gasteiger partial charge in [-0.1, -0.05) is 13.8 Å². The Hall–Kier alpha value is -0.500. The molecule has 0 aliphatic heterocycles. The van der Waals surface area contributed by atoms with Gasteiger partial charge in [0.05, 0.1) is 5.69 Å². The molecule has 0 saturated carbocycles. The SMILES string of the molecule is CCC(C)(CCl)Cc1cc(C)nn1C. The summed E-state index contributed by atoms with van der Waals surface area (Å²) < 4.78 is 1.95. The quantitative estimate of drug-likeness (QED) is 0.705. The lowest BCUT2D eigenvalue weighted by molar-refractivity contribution is 0.346. The number of aryl methyl sites for hydroxylation is 2. The molecule has 2 nitrogen and oxygen atoms in total. The van der Waals surface area contributed by atoms with Gasteiger partial charge in [0.15, 0.2) is 0 Å². The first-order valence-electron chi connectivity index (χ1n) is 5.06. The van der Waals surface area contributed by atoms with Crippen molar-refractivity contribution in [3.05, 3.63) is 17.5 Å². The van der Waals surface area contributed by atoms with E-state index in [1.54, 1.807) is 0 Å². The van der Waals surface area contributed by atoms with E-state index in [4.69, 9.17) is 11.6 Å². The molecule has 14 heavy (non-hydrogen) atoms. The maximum Gasteiger partial charge on any atom is 0.0596 e. The summed E-state index contributed by atoms with van der Waals surface area (Å²) >= 11 is 5.99. The maximum atomic E-state index is 5.99. The summed E-state index contributed by atoms with van der Waals surface area (Å²) in [7, 11) is 1.99. The summed E-state index contributed by atoms with van der Waals surface area (Å²) in [4.78, 5) is 0. The summed E-state index contributed by atoms with van der Waals surface area (Å²) in [6.45, 7) is 6.43. The highest BCUT2D eigenvalue weighted by Crippen LogP contribution is 2.27. The molecule has 0 fully saturated rings. The molecule has 1 heterocycles. The van der Waals surface area contributed by atoms with E-state index >= 15 is 0 Å². The van der Waals surface area contributed by atoms with E-state index in [-0.39, 0.29) is 5.41 Å². The molecule has 0 aromatic carbocycles. The van der Waals surface area contributed by atoms with Crippen LogP contribution in [0.5, 0.6) is 0 Å². The molecule has 0 aliphatic rings. The number of halogens is 1. The van der Waals surface area contributed by atoms with Crippen molar-refractivity contribution in [3.63, 3.8) is 0 Å². The number of alkyl halides is 1. The average Bonchev–Trinajstić information content (AvgIpc) is 2.45. The van der Waals surface area contributed by atoms with Crippen molar-refractivity contribution >= 4 is 11.6 Å². The van der Waals surface area contributed by atoms with Crippen LogP contribution in [0, 0.1) is 12.3 Å². The van der Waals surface area contributed by atoms with Gasteiger partial charge in [-0.15, -0.1) is 11.6 Å². The van der Waals surface area contributed by atoms with E-state index in [9.17, 15) is 0 Å². The zero-order chi connectivity index (χ0) is 10.8. The molecule has 0 bridgehead atoms. The van der Waals surface area contributed by atoms with Crippen LogP contribution < -0.4 is 0 Å². The molecular formula is C11H19ClN2. The monoisotopic (exact) mass is 214 g/mol. The largest absolute Gasteiger partial charge is 0.272 e. The lowest BCUT2D eigenvalue weighted by Crippen LogP contribution is -2.22. The van der Waals surface area contributed by atoms with Crippen molar-refractivity contribution < 1.29 is 0 Å². The third-order valence-electron chi connectivity index (χ3n) is 2.88. The van der Waals surface area contributed by atoms with Gasteiger partial charge in [-0.2, -0.15) is 5.10 Å². The molecule has 1 atom stereocenters. The van der Waals surface area contributed by atoms with Gasteiger partial charge in [-0.05, 0) is 31.2 Å². The number of hydrogen-bond donors (Lipinski definition) is 0. The van der Waals surface area contributed by atoms with E-state index < -0.39 is 0 Å². The van der Waals surface area contributed by atoms with Crippen LogP contribution in [0.25, 0.3) is 0 Å². The molecule has 0 N–H and O–H groups in total. The fraction of sp³-hybridized carbons (Fsp3) is 0.727. The lowest BCUT2D eigenvalue weighted by atomic mass is 9.85. The number of nitrogens with zero attached hydrogens (tertiary/aromatic N) is 2. The Morgan fingerprint density at radius 2 is 2.21 bits per heavy atom. The third-order valence-corrected chi connectivity index (χ3v) is 3.53. The van der Waals surface area contributed by atoms with Crippen LogP contribution in [-0.4, -0.2) is 15.7 Å². The minimum absolute atomic E-state index is 0.196.